The van der Waals surface area contributed by atoms with Gasteiger partial charge in [-0.05, 0) is 20.3 Å². The number of quaternary nitrogens is 1. The van der Waals surface area contributed by atoms with Crippen molar-refractivity contribution in [1.29, 1.82) is 0 Å². The second-order valence-electron chi connectivity index (χ2n) is 7.74. The third kappa shape index (κ3) is 3.70. The summed E-state index contributed by atoms with van der Waals surface area (Å²) in [5.74, 6) is 0.162. The van der Waals surface area contributed by atoms with Crippen LogP contribution in [-0.2, 0) is 0 Å². The smallest absolute Gasteiger partial charge is 0.117 e. The minimum atomic E-state index is -0.721. The van der Waals surface area contributed by atoms with Gasteiger partial charge >= 0.3 is 0 Å². The normalized spacial score (nSPS) is 29.4. The average Bonchev–Trinajstić information content (AvgIpc) is 2.59. The van der Waals surface area contributed by atoms with E-state index in [4.69, 9.17) is 0 Å². The second kappa shape index (κ2) is 7.15. The van der Waals surface area contributed by atoms with Gasteiger partial charge in [0, 0.05) is 23.5 Å². The summed E-state index contributed by atoms with van der Waals surface area (Å²) in [5.41, 5.74) is 4.39. The molecule has 2 heteroatoms. The zero-order valence-electron chi connectivity index (χ0n) is 15.6. The Balaban J connectivity index is 1.97. The zero-order chi connectivity index (χ0) is 18.0. The molecule has 2 nitrogen and oxygen atoms in total. The number of nitrogens with two attached hydrogens (primary N) is 1. The fourth-order valence-electron chi connectivity index (χ4n) is 4.14. The monoisotopic (exact) mass is 336 g/mol. The van der Waals surface area contributed by atoms with Crippen LogP contribution in [0.2, 0.25) is 0 Å². The first-order valence-electron chi connectivity index (χ1n) is 9.24. The van der Waals surface area contributed by atoms with Gasteiger partial charge in [-0.1, -0.05) is 72.7 Å². The predicted octanol–water partition coefficient (Wildman–Crippen LogP) is 4.00. The molecular weight excluding hydrogens is 306 g/mol. The van der Waals surface area contributed by atoms with E-state index in [1.807, 2.05) is 6.08 Å². The number of aryl methyl sites for hydroxylation is 2. The molecule has 0 aliphatic carbocycles. The highest BCUT2D eigenvalue weighted by Gasteiger charge is 2.48. The molecule has 3 N–H and O–H groups in total. The molecule has 0 bridgehead atoms. The van der Waals surface area contributed by atoms with Crippen LogP contribution in [0.25, 0.3) is 0 Å². The summed E-state index contributed by atoms with van der Waals surface area (Å²) in [6.07, 6.45) is 3.25. The molecule has 1 fully saturated rings. The first-order chi connectivity index (χ1) is 11.9. The van der Waals surface area contributed by atoms with E-state index in [0.29, 0.717) is 6.42 Å². The Morgan fingerprint density at radius 3 is 2.08 bits per heavy atom. The van der Waals surface area contributed by atoms with Gasteiger partial charge in [-0.3, -0.25) is 0 Å². The van der Waals surface area contributed by atoms with Crippen molar-refractivity contribution in [2.75, 3.05) is 0 Å². The Morgan fingerprint density at radius 2 is 1.56 bits per heavy atom. The maximum absolute atomic E-state index is 11.4. The fourth-order valence-corrected chi connectivity index (χ4v) is 4.14. The molecule has 0 aromatic heterocycles. The van der Waals surface area contributed by atoms with Gasteiger partial charge < -0.3 is 10.4 Å². The van der Waals surface area contributed by atoms with E-state index in [-0.39, 0.29) is 18.0 Å². The SMILES string of the molecule is C=CC[C@@]1(O)C[C@@H](c2ccc(C)cc2)[NH2+][C@@H](c2ccc(C)cc2)[C@H]1C. The largest absolute Gasteiger partial charge is 0.389 e. The van der Waals surface area contributed by atoms with Gasteiger partial charge in [-0.15, -0.1) is 6.58 Å². The predicted molar refractivity (Wildman–Crippen MR) is 103 cm³/mol. The molecular formula is C23H30NO+. The van der Waals surface area contributed by atoms with Crippen LogP contribution in [0.3, 0.4) is 0 Å². The number of benzene rings is 2. The van der Waals surface area contributed by atoms with Crippen LogP contribution in [0.15, 0.2) is 61.2 Å². The lowest BCUT2D eigenvalue weighted by Crippen LogP contribution is -2.91. The highest BCUT2D eigenvalue weighted by molar-refractivity contribution is 5.27. The molecule has 1 aliphatic heterocycles. The molecule has 4 atom stereocenters. The lowest BCUT2D eigenvalue weighted by molar-refractivity contribution is -0.756. The Hall–Kier alpha value is -1.90. The van der Waals surface area contributed by atoms with Crippen molar-refractivity contribution in [3.05, 3.63) is 83.4 Å². The van der Waals surface area contributed by atoms with Crippen LogP contribution in [0.1, 0.15) is 54.1 Å². The molecule has 2 aromatic rings. The molecule has 3 rings (SSSR count). The molecule has 1 saturated heterocycles. The fraction of sp³-hybridized carbons (Fsp3) is 0.391. The van der Waals surface area contributed by atoms with Crippen LogP contribution in [0.4, 0.5) is 0 Å². The van der Waals surface area contributed by atoms with Crippen LogP contribution >= 0.6 is 0 Å². The minimum Gasteiger partial charge on any atom is -0.389 e. The van der Waals surface area contributed by atoms with E-state index in [1.165, 1.54) is 22.3 Å². The third-order valence-corrected chi connectivity index (χ3v) is 5.86. The van der Waals surface area contributed by atoms with E-state index in [9.17, 15) is 5.11 Å². The van der Waals surface area contributed by atoms with E-state index in [0.717, 1.165) is 6.42 Å². The summed E-state index contributed by atoms with van der Waals surface area (Å²) in [6, 6.07) is 18.0. The summed E-state index contributed by atoms with van der Waals surface area (Å²) in [6.45, 7) is 10.3. The van der Waals surface area contributed by atoms with E-state index in [2.05, 4.69) is 81.2 Å². The summed E-state index contributed by atoms with van der Waals surface area (Å²) >= 11 is 0. The highest BCUT2D eigenvalue weighted by atomic mass is 16.3. The lowest BCUT2D eigenvalue weighted by Gasteiger charge is -2.44. The summed E-state index contributed by atoms with van der Waals surface area (Å²) in [5, 5.41) is 13.9. The minimum absolute atomic E-state index is 0.162. The van der Waals surface area contributed by atoms with Gasteiger partial charge in [-0.2, -0.15) is 0 Å². The van der Waals surface area contributed by atoms with Crippen molar-refractivity contribution in [2.45, 2.75) is 51.3 Å². The molecule has 1 heterocycles. The lowest BCUT2D eigenvalue weighted by atomic mass is 9.70. The molecule has 132 valence electrons. The van der Waals surface area contributed by atoms with E-state index < -0.39 is 5.60 Å². The van der Waals surface area contributed by atoms with Crippen molar-refractivity contribution < 1.29 is 10.4 Å². The number of rotatable bonds is 4. The van der Waals surface area contributed by atoms with Gasteiger partial charge in [0.25, 0.3) is 0 Å². The Kier molecular flexibility index (Phi) is 5.12. The molecule has 2 aromatic carbocycles. The van der Waals surface area contributed by atoms with Crippen LogP contribution in [0, 0.1) is 19.8 Å². The van der Waals surface area contributed by atoms with Crippen LogP contribution < -0.4 is 5.32 Å². The molecule has 0 unspecified atom stereocenters. The zero-order valence-corrected chi connectivity index (χ0v) is 15.6. The quantitative estimate of drug-likeness (QED) is 0.814. The summed E-state index contributed by atoms with van der Waals surface area (Å²) < 4.78 is 0. The van der Waals surface area contributed by atoms with Gasteiger partial charge in [-0.25, -0.2) is 0 Å². The molecule has 0 radical (unpaired) electrons. The van der Waals surface area contributed by atoms with Crippen molar-refractivity contribution in [3.63, 3.8) is 0 Å². The van der Waals surface area contributed by atoms with Crippen molar-refractivity contribution in [2.24, 2.45) is 5.92 Å². The summed E-state index contributed by atoms with van der Waals surface area (Å²) in [7, 11) is 0. The molecule has 0 saturated carbocycles. The van der Waals surface area contributed by atoms with Crippen molar-refractivity contribution in [1.82, 2.24) is 0 Å². The third-order valence-electron chi connectivity index (χ3n) is 5.86. The Morgan fingerprint density at radius 1 is 1.04 bits per heavy atom. The maximum atomic E-state index is 11.4. The van der Waals surface area contributed by atoms with Crippen LogP contribution in [0.5, 0.6) is 0 Å². The Bertz CT molecular complexity index is 719. The van der Waals surface area contributed by atoms with Crippen LogP contribution in [-0.4, -0.2) is 10.7 Å². The summed E-state index contributed by atoms with van der Waals surface area (Å²) in [4.78, 5) is 0. The molecule has 25 heavy (non-hydrogen) atoms. The van der Waals surface area contributed by atoms with Crippen molar-refractivity contribution in [3.8, 4) is 0 Å². The Labute approximate surface area is 151 Å². The van der Waals surface area contributed by atoms with E-state index in [1.54, 1.807) is 0 Å². The van der Waals surface area contributed by atoms with Crippen molar-refractivity contribution >= 4 is 0 Å². The molecule has 1 aliphatic rings. The van der Waals surface area contributed by atoms with E-state index >= 15 is 0 Å². The van der Waals surface area contributed by atoms with Gasteiger partial charge in [0.05, 0.1) is 5.60 Å². The topological polar surface area (TPSA) is 36.8 Å². The van der Waals surface area contributed by atoms with Gasteiger partial charge in [0.1, 0.15) is 12.1 Å². The maximum Gasteiger partial charge on any atom is 0.117 e. The van der Waals surface area contributed by atoms with Gasteiger partial charge in [0.2, 0.25) is 0 Å². The number of piperidine rings is 1. The number of hydrogen-bond acceptors (Lipinski definition) is 1. The second-order valence-corrected chi connectivity index (χ2v) is 7.74. The van der Waals surface area contributed by atoms with Gasteiger partial charge in [0.15, 0.2) is 0 Å². The number of hydrogen-bond donors (Lipinski definition) is 2. The molecule has 0 spiro atoms. The first kappa shape index (κ1) is 17.9. The average molecular weight is 336 g/mol. The number of aliphatic hydroxyl groups is 1. The highest BCUT2D eigenvalue weighted by Crippen LogP contribution is 2.40. The molecule has 0 amide bonds. The first-order valence-corrected chi connectivity index (χ1v) is 9.24. The standard InChI is InChI=1S/C23H29NO/c1-5-14-23(25)15-21(19-10-6-16(2)7-11-19)24-22(18(23)4)20-12-8-17(3)9-13-20/h5-13,18,21-22,24-25H,1,14-15H2,2-4H3/p+1/t18-,21+,22-,23-/m1/s1.